The van der Waals surface area contributed by atoms with Crippen molar-refractivity contribution in [3.8, 4) is 12.3 Å². The number of allylic oxidation sites excluding steroid dienone is 2. The van der Waals surface area contributed by atoms with E-state index in [2.05, 4.69) is 16.6 Å². The highest BCUT2D eigenvalue weighted by atomic mass is 35.5. The number of anilines is 1. The second kappa shape index (κ2) is 10.8. The normalized spacial score (nSPS) is 11.1. The molecule has 0 atom stereocenters. The molecule has 5 heteroatoms. The lowest BCUT2D eigenvalue weighted by Crippen LogP contribution is -2.26. The van der Waals surface area contributed by atoms with Gasteiger partial charge in [-0.1, -0.05) is 41.8 Å². The third kappa shape index (κ3) is 6.79. The molecule has 28 heavy (non-hydrogen) atoms. The molecular weight excluding hydrogens is 372 g/mol. The lowest BCUT2D eigenvalue weighted by Gasteiger charge is -2.08. The third-order valence-electron chi connectivity index (χ3n) is 3.92. The monoisotopic (exact) mass is 392 g/mol. The van der Waals surface area contributed by atoms with E-state index in [1.807, 2.05) is 25.1 Å². The van der Waals surface area contributed by atoms with Crippen LogP contribution in [-0.4, -0.2) is 18.4 Å². The maximum absolute atomic E-state index is 12.2. The molecule has 2 aromatic carbocycles. The zero-order valence-corrected chi connectivity index (χ0v) is 16.3. The maximum atomic E-state index is 12.2. The summed E-state index contributed by atoms with van der Waals surface area (Å²) in [4.78, 5) is 24.3. The number of rotatable bonds is 7. The van der Waals surface area contributed by atoms with Crippen molar-refractivity contribution in [3.63, 3.8) is 0 Å². The van der Waals surface area contributed by atoms with Crippen molar-refractivity contribution >= 4 is 29.1 Å². The van der Waals surface area contributed by atoms with Gasteiger partial charge in [0.2, 0.25) is 5.91 Å². The van der Waals surface area contributed by atoms with Crippen molar-refractivity contribution in [2.24, 2.45) is 0 Å². The van der Waals surface area contributed by atoms with Crippen LogP contribution < -0.4 is 10.6 Å². The first kappa shape index (κ1) is 21.0. The molecule has 0 aliphatic heterocycles. The molecule has 2 aromatic rings. The summed E-state index contributed by atoms with van der Waals surface area (Å²) in [5.74, 6) is 2.08. The van der Waals surface area contributed by atoms with Gasteiger partial charge >= 0.3 is 0 Å². The van der Waals surface area contributed by atoms with Gasteiger partial charge in [-0.3, -0.25) is 9.59 Å². The summed E-state index contributed by atoms with van der Waals surface area (Å²) < 4.78 is 0. The highest BCUT2D eigenvalue weighted by Gasteiger charge is 2.08. The zero-order chi connectivity index (χ0) is 20.4. The van der Waals surface area contributed by atoms with E-state index in [1.54, 1.807) is 48.6 Å². The van der Waals surface area contributed by atoms with Crippen LogP contribution >= 0.6 is 11.6 Å². The second-order valence-electron chi connectivity index (χ2n) is 5.98. The SMILES string of the molecule is C#C/C=C\C(=C/C)CNC(=O)Cc1ccc(NC(=O)c2cccc(Cl)c2)cc1. The van der Waals surface area contributed by atoms with Crippen LogP contribution in [0.15, 0.2) is 72.3 Å². The van der Waals surface area contributed by atoms with Crippen molar-refractivity contribution in [1.29, 1.82) is 0 Å². The van der Waals surface area contributed by atoms with Gasteiger partial charge in [-0.05, 0) is 60.5 Å². The lowest BCUT2D eigenvalue weighted by molar-refractivity contribution is -0.120. The Labute approximate surface area is 170 Å². The first-order valence-electron chi connectivity index (χ1n) is 8.72. The first-order chi connectivity index (χ1) is 13.5. The van der Waals surface area contributed by atoms with Gasteiger partial charge in [-0.15, -0.1) is 6.42 Å². The van der Waals surface area contributed by atoms with E-state index in [-0.39, 0.29) is 18.2 Å². The van der Waals surface area contributed by atoms with E-state index >= 15 is 0 Å². The molecule has 0 aromatic heterocycles. The molecule has 0 saturated heterocycles. The highest BCUT2D eigenvalue weighted by Crippen LogP contribution is 2.14. The van der Waals surface area contributed by atoms with E-state index in [1.165, 1.54) is 0 Å². The smallest absolute Gasteiger partial charge is 0.255 e. The van der Waals surface area contributed by atoms with Gasteiger partial charge in [-0.25, -0.2) is 0 Å². The summed E-state index contributed by atoms with van der Waals surface area (Å²) >= 11 is 5.91. The number of carbonyl (C=O) groups excluding carboxylic acids is 2. The van der Waals surface area contributed by atoms with Crippen molar-refractivity contribution in [2.75, 3.05) is 11.9 Å². The molecule has 4 nitrogen and oxygen atoms in total. The summed E-state index contributed by atoms with van der Waals surface area (Å²) in [5, 5.41) is 6.16. The highest BCUT2D eigenvalue weighted by molar-refractivity contribution is 6.31. The minimum atomic E-state index is -0.244. The molecule has 142 valence electrons. The van der Waals surface area contributed by atoms with Crippen molar-refractivity contribution in [2.45, 2.75) is 13.3 Å². The van der Waals surface area contributed by atoms with Crippen LogP contribution in [0.3, 0.4) is 0 Å². The van der Waals surface area contributed by atoms with Crippen LogP contribution in [0.2, 0.25) is 5.02 Å². The van der Waals surface area contributed by atoms with E-state index in [0.29, 0.717) is 22.8 Å². The van der Waals surface area contributed by atoms with E-state index in [9.17, 15) is 9.59 Å². The van der Waals surface area contributed by atoms with Crippen LogP contribution in [0, 0.1) is 12.3 Å². The molecule has 2 rings (SSSR count). The lowest BCUT2D eigenvalue weighted by atomic mass is 10.1. The van der Waals surface area contributed by atoms with Crippen LogP contribution in [-0.2, 0) is 11.2 Å². The van der Waals surface area contributed by atoms with Crippen LogP contribution in [0.5, 0.6) is 0 Å². The Morgan fingerprint density at radius 3 is 2.57 bits per heavy atom. The number of hydrogen-bond acceptors (Lipinski definition) is 2. The molecule has 0 radical (unpaired) electrons. The Bertz CT molecular complexity index is 938. The minimum absolute atomic E-state index is 0.0934. The van der Waals surface area contributed by atoms with Crippen LogP contribution in [0.1, 0.15) is 22.8 Å². The number of amides is 2. The number of halogens is 1. The van der Waals surface area contributed by atoms with Crippen molar-refractivity contribution in [1.82, 2.24) is 5.32 Å². The fraction of sp³-hybridized carbons (Fsp3) is 0.130. The summed E-state index contributed by atoms with van der Waals surface area (Å²) in [5.41, 5.74) is 2.91. The Morgan fingerprint density at radius 2 is 1.93 bits per heavy atom. The topological polar surface area (TPSA) is 58.2 Å². The number of nitrogens with one attached hydrogen (secondary N) is 2. The van der Waals surface area contributed by atoms with Crippen LogP contribution in [0.25, 0.3) is 0 Å². The fourth-order valence-corrected chi connectivity index (χ4v) is 2.59. The molecule has 0 aliphatic rings. The van der Waals surface area contributed by atoms with Crippen molar-refractivity contribution in [3.05, 3.63) is 88.5 Å². The predicted molar refractivity (Wildman–Crippen MR) is 114 cm³/mol. The summed E-state index contributed by atoms with van der Waals surface area (Å²) in [7, 11) is 0. The van der Waals surface area contributed by atoms with E-state index < -0.39 is 0 Å². The average molecular weight is 393 g/mol. The van der Waals surface area contributed by atoms with E-state index in [4.69, 9.17) is 18.0 Å². The standard InChI is InChI=1S/C23H21ClN2O2/c1-3-5-7-17(4-2)16-25-22(27)14-18-10-12-21(13-11-18)26-23(28)19-8-6-9-20(24)15-19/h1,4-13,15H,14,16H2,2H3,(H,25,27)(H,26,28)/b7-5-,17-4+. The molecule has 0 unspecified atom stereocenters. The zero-order valence-electron chi connectivity index (χ0n) is 15.5. The molecule has 0 bridgehead atoms. The average Bonchev–Trinajstić information content (AvgIpc) is 2.69. The molecule has 0 aliphatic carbocycles. The summed E-state index contributed by atoms with van der Waals surface area (Å²) in [6.45, 7) is 2.31. The van der Waals surface area contributed by atoms with Crippen molar-refractivity contribution < 1.29 is 9.59 Å². The molecule has 2 N–H and O–H groups in total. The van der Waals surface area contributed by atoms with Gasteiger partial charge in [0.25, 0.3) is 5.91 Å². The van der Waals surface area contributed by atoms with Gasteiger partial charge in [0, 0.05) is 22.8 Å². The quantitative estimate of drug-likeness (QED) is 0.542. The second-order valence-corrected chi connectivity index (χ2v) is 6.41. The molecular formula is C23H21ClN2O2. The predicted octanol–water partition coefficient (Wildman–Crippen LogP) is 4.39. The number of hydrogen-bond donors (Lipinski definition) is 2. The van der Waals surface area contributed by atoms with Gasteiger partial charge in [0.15, 0.2) is 0 Å². The first-order valence-corrected chi connectivity index (χ1v) is 9.10. The number of benzene rings is 2. The minimum Gasteiger partial charge on any atom is -0.352 e. The molecule has 0 spiro atoms. The number of carbonyl (C=O) groups is 2. The van der Waals surface area contributed by atoms with Crippen LogP contribution in [0.4, 0.5) is 5.69 Å². The molecule has 2 amide bonds. The Balaban J connectivity index is 1.88. The summed E-state index contributed by atoms with van der Waals surface area (Å²) in [6.07, 6.45) is 10.7. The van der Waals surface area contributed by atoms with Gasteiger partial charge in [0.1, 0.15) is 0 Å². The largest absolute Gasteiger partial charge is 0.352 e. The fourth-order valence-electron chi connectivity index (χ4n) is 2.40. The van der Waals surface area contributed by atoms with Gasteiger partial charge in [0.05, 0.1) is 6.42 Å². The Hall–Kier alpha value is -3.29. The van der Waals surface area contributed by atoms with Gasteiger partial charge in [-0.2, -0.15) is 0 Å². The number of terminal acetylenes is 1. The Morgan fingerprint density at radius 1 is 1.18 bits per heavy atom. The molecule has 0 saturated carbocycles. The maximum Gasteiger partial charge on any atom is 0.255 e. The molecule has 0 heterocycles. The molecule has 0 fully saturated rings. The van der Waals surface area contributed by atoms with Gasteiger partial charge < -0.3 is 10.6 Å². The Kier molecular flexibility index (Phi) is 8.08. The summed E-state index contributed by atoms with van der Waals surface area (Å²) in [6, 6.07) is 13.9. The third-order valence-corrected chi connectivity index (χ3v) is 4.15. The van der Waals surface area contributed by atoms with E-state index in [0.717, 1.165) is 11.1 Å².